The monoisotopic (exact) mass is 1080 g/mol. The molecule has 0 aliphatic heterocycles. The van der Waals surface area contributed by atoms with Crippen molar-refractivity contribution in [2.75, 3.05) is 0 Å². The van der Waals surface area contributed by atoms with Gasteiger partial charge in [0.1, 0.15) is 23.0 Å². The van der Waals surface area contributed by atoms with Crippen LogP contribution in [0.15, 0.2) is 133 Å². The first kappa shape index (κ1) is 47.5. The second-order valence-electron chi connectivity index (χ2n) is 19.6. The standard InChI is InChI=1S/C60H62N8O4P4/c1-9-39-23-31-47-48-32-24-40(10-2)62(48)73(61(39)47)69-55-19-17-20-56(70-74-63-41(11-3)25-33-49(63)50-34-26-42(12-4)64(50)74)59(55)60-57(71-75-65-43(13-5)27-35-51(65)52-36-28-44(14-6)66(52)75)21-18-22-58(60)72-76-67-45(15-7)29-37-53(67)54-38-30-46(16-8)68(54)76/h17-38H,9-16H2,1-8H3. The number of hydrogen-bond donors (Lipinski definition) is 0. The van der Waals surface area contributed by atoms with Gasteiger partial charge >= 0.3 is 0 Å². The topological polar surface area (TPSA) is 72.2 Å². The van der Waals surface area contributed by atoms with Crippen molar-refractivity contribution in [2.24, 2.45) is 0 Å². The highest BCUT2D eigenvalue weighted by molar-refractivity contribution is 7.39. The molecule has 0 unspecified atom stereocenters. The highest BCUT2D eigenvalue weighted by atomic mass is 31.1. The summed E-state index contributed by atoms with van der Waals surface area (Å²) in [5, 5.41) is 0. The SMILES string of the molecule is CCc1ccc2c3ccc(CC)n3p(Oc3cccc(Op4n5c(CC)ccc5c5ccc(CC)n54)c3-c3c(Op4n5c(CC)ccc5c5ccc(CC)n54)cccc3Op3n4c(CC)ccc4c4ccc(CC)n43)n12. The molecule has 0 saturated carbocycles. The zero-order valence-electron chi connectivity index (χ0n) is 44.4. The van der Waals surface area contributed by atoms with Gasteiger partial charge in [0.2, 0.25) is 32.3 Å². The fourth-order valence-electron chi connectivity index (χ4n) is 11.9. The van der Waals surface area contributed by atoms with Gasteiger partial charge in [-0.05, 0) is 173 Å². The first-order valence-corrected chi connectivity index (χ1v) is 31.9. The number of benzene rings is 2. The smallest absolute Gasteiger partial charge is 0.245 e. The number of fused-ring (bicyclic) bond motifs is 12. The molecule has 2 aromatic carbocycles. The Bertz CT molecular complexity index is 3770. The Kier molecular flexibility index (Phi) is 11.5. The van der Waals surface area contributed by atoms with Crippen LogP contribution in [0.2, 0.25) is 0 Å². The van der Waals surface area contributed by atoms with Crippen molar-refractivity contribution >= 4 is 76.4 Å². The summed E-state index contributed by atoms with van der Waals surface area (Å²) >= 11 is 0. The van der Waals surface area contributed by atoms with Gasteiger partial charge in [0.05, 0.1) is 55.3 Å². The first-order chi connectivity index (χ1) is 37.4. The summed E-state index contributed by atoms with van der Waals surface area (Å²) in [6.45, 7) is 17.9. The van der Waals surface area contributed by atoms with E-state index in [1.165, 1.54) is 89.7 Å². The maximum Gasteiger partial charge on any atom is 0.245 e. The van der Waals surface area contributed by atoms with E-state index >= 15 is 0 Å². The lowest BCUT2D eigenvalue weighted by Gasteiger charge is -2.22. The Balaban J connectivity index is 1.10. The van der Waals surface area contributed by atoms with E-state index < -0.39 is 32.3 Å². The average Bonchev–Trinajstić information content (AvgIpc) is 4.29. The van der Waals surface area contributed by atoms with Crippen LogP contribution < -0.4 is 18.1 Å². The summed E-state index contributed by atoms with van der Waals surface area (Å²) < 4.78 is 51.1. The third-order valence-corrected chi connectivity index (χ3v) is 23.7. The number of hydrogen-bond acceptors (Lipinski definition) is 4. The van der Waals surface area contributed by atoms with Crippen LogP contribution in [0.25, 0.3) is 55.3 Å². The highest BCUT2D eigenvalue weighted by Gasteiger charge is 2.31. The van der Waals surface area contributed by atoms with Gasteiger partial charge in [0.25, 0.3) is 0 Å². The van der Waals surface area contributed by atoms with Crippen molar-refractivity contribution < 1.29 is 18.1 Å². The molecule has 0 radical (unpaired) electrons. The zero-order chi connectivity index (χ0) is 51.7. The normalized spacial score (nSPS) is 12.4. The molecule has 0 aliphatic rings. The molecular formula is C60H62N8O4P4. The molecule has 0 atom stereocenters. The molecule has 0 amide bonds. The van der Waals surface area contributed by atoms with E-state index in [1.54, 1.807) is 0 Å². The molecule has 0 fully saturated rings. The maximum absolute atomic E-state index is 7.87. The van der Waals surface area contributed by atoms with E-state index in [-0.39, 0.29) is 0 Å². The van der Waals surface area contributed by atoms with Crippen LogP contribution in [0.1, 0.15) is 101 Å². The van der Waals surface area contributed by atoms with Crippen molar-refractivity contribution in [2.45, 2.75) is 107 Å². The van der Waals surface area contributed by atoms with Crippen LogP contribution in [0.5, 0.6) is 23.0 Å². The molecule has 76 heavy (non-hydrogen) atoms. The Labute approximate surface area is 445 Å². The first-order valence-electron chi connectivity index (χ1n) is 27.2. The van der Waals surface area contributed by atoms with Gasteiger partial charge in [-0.25, -0.2) is 0 Å². The Morgan fingerprint density at radius 2 is 0.395 bits per heavy atom. The van der Waals surface area contributed by atoms with E-state index in [4.69, 9.17) is 18.1 Å². The summed E-state index contributed by atoms with van der Waals surface area (Å²) in [6.07, 6.45) is 6.99. The molecule has 0 spiro atoms. The maximum atomic E-state index is 7.87. The summed E-state index contributed by atoms with van der Waals surface area (Å²) in [5.41, 5.74) is 20.9. The van der Waals surface area contributed by atoms with Crippen molar-refractivity contribution in [1.29, 1.82) is 0 Å². The molecule has 0 bridgehead atoms. The van der Waals surface area contributed by atoms with Gasteiger partial charge in [-0.3, -0.25) is 33.3 Å². The predicted molar refractivity (Wildman–Crippen MR) is 315 cm³/mol. The van der Waals surface area contributed by atoms with E-state index in [0.717, 1.165) is 62.5 Å². The quantitative estimate of drug-likeness (QED) is 0.0911. The molecule has 14 rings (SSSR count). The van der Waals surface area contributed by atoms with E-state index in [1.807, 2.05) is 0 Å². The molecule has 12 aromatic heterocycles. The van der Waals surface area contributed by atoms with E-state index in [2.05, 4.69) is 222 Å². The highest BCUT2D eigenvalue weighted by Crippen LogP contribution is 2.56. The third kappa shape index (κ3) is 6.70. The average molecular weight is 1080 g/mol. The van der Waals surface area contributed by atoms with Crippen LogP contribution in [-0.4, -0.2) is 33.3 Å². The van der Waals surface area contributed by atoms with Crippen molar-refractivity contribution in [3.8, 4) is 34.1 Å². The lowest BCUT2D eigenvalue weighted by molar-refractivity contribution is 0.575. The molecule has 0 saturated heterocycles. The van der Waals surface area contributed by atoms with Gasteiger partial charge < -0.3 is 18.1 Å². The molecule has 12 heterocycles. The molecule has 386 valence electrons. The molecular weight excluding hydrogens is 1020 g/mol. The Morgan fingerprint density at radius 3 is 0.539 bits per heavy atom. The lowest BCUT2D eigenvalue weighted by atomic mass is 10.0. The van der Waals surface area contributed by atoms with Crippen LogP contribution in [-0.2, 0) is 51.4 Å². The number of aryl methyl sites for hydroxylation is 8. The van der Waals surface area contributed by atoms with Crippen LogP contribution in [0.4, 0.5) is 0 Å². The molecule has 0 aliphatic carbocycles. The minimum Gasteiger partial charge on any atom is -0.416 e. The van der Waals surface area contributed by atoms with Crippen LogP contribution in [0, 0.1) is 0 Å². The van der Waals surface area contributed by atoms with Crippen LogP contribution in [0.3, 0.4) is 0 Å². The van der Waals surface area contributed by atoms with Gasteiger partial charge in [0.15, 0.2) is 0 Å². The number of rotatable bonds is 17. The van der Waals surface area contributed by atoms with Crippen molar-refractivity contribution in [1.82, 2.24) is 33.3 Å². The minimum absolute atomic E-state index is 0.702. The number of nitrogens with zero attached hydrogens (tertiary/aromatic N) is 8. The van der Waals surface area contributed by atoms with E-state index in [0.29, 0.717) is 23.0 Å². The predicted octanol–water partition coefficient (Wildman–Crippen LogP) is 17.2. The fourth-order valence-corrected chi connectivity index (χ4v) is 20.9. The van der Waals surface area contributed by atoms with Gasteiger partial charge in [-0.1, -0.05) is 67.5 Å². The number of aromatic nitrogens is 8. The summed E-state index contributed by atoms with van der Waals surface area (Å²) in [4.78, 5) is 0. The largest absolute Gasteiger partial charge is 0.416 e. The van der Waals surface area contributed by atoms with Crippen molar-refractivity contribution in [3.63, 3.8) is 0 Å². The second kappa shape index (κ2) is 18.4. The van der Waals surface area contributed by atoms with Crippen LogP contribution >= 0.6 is 32.3 Å². The van der Waals surface area contributed by atoms with Gasteiger partial charge in [-0.15, -0.1) is 0 Å². The third-order valence-electron chi connectivity index (χ3n) is 15.7. The summed E-state index contributed by atoms with van der Waals surface area (Å²) in [5.74, 6) is 2.81. The summed E-state index contributed by atoms with van der Waals surface area (Å²) in [6, 6.07) is 49.0. The fraction of sp³-hybridized carbons (Fsp3) is 0.267. The van der Waals surface area contributed by atoms with Gasteiger partial charge in [-0.2, -0.15) is 0 Å². The molecule has 16 heteroatoms. The molecule has 0 N–H and O–H groups in total. The lowest BCUT2D eigenvalue weighted by Crippen LogP contribution is -2.02. The molecule has 12 nitrogen and oxygen atoms in total. The van der Waals surface area contributed by atoms with E-state index in [9.17, 15) is 0 Å². The Morgan fingerprint density at radius 1 is 0.237 bits per heavy atom. The summed E-state index contributed by atoms with van der Waals surface area (Å²) in [7, 11) is -5.81. The Hall–Kier alpha value is -6.92. The van der Waals surface area contributed by atoms with Crippen molar-refractivity contribution in [3.05, 3.63) is 179 Å². The molecule has 14 aromatic rings. The second-order valence-corrected chi connectivity index (χ2v) is 25.6. The zero-order valence-corrected chi connectivity index (χ0v) is 47.9. The van der Waals surface area contributed by atoms with Gasteiger partial charge in [0, 0.05) is 45.6 Å². The minimum atomic E-state index is -1.45.